The van der Waals surface area contributed by atoms with Gasteiger partial charge >= 0.3 is 6.03 Å². The highest BCUT2D eigenvalue weighted by Gasteiger charge is 2.22. The Kier molecular flexibility index (Phi) is 7.25. The van der Waals surface area contributed by atoms with Gasteiger partial charge in [0.25, 0.3) is 0 Å². The molecule has 2 aromatic carbocycles. The zero-order valence-electron chi connectivity index (χ0n) is 15.9. The number of amides is 2. The Morgan fingerprint density at radius 2 is 1.93 bits per heavy atom. The number of carbonyl (C=O) groups excluding carboxylic acids is 1. The second kappa shape index (κ2) is 10.1. The van der Waals surface area contributed by atoms with E-state index in [1.807, 2.05) is 12.1 Å². The summed E-state index contributed by atoms with van der Waals surface area (Å²) in [6.07, 6.45) is 3.73. The summed E-state index contributed by atoms with van der Waals surface area (Å²) in [5.74, 6) is 0.903. The summed E-state index contributed by atoms with van der Waals surface area (Å²) in [6.45, 7) is 2.60. The van der Waals surface area contributed by atoms with Crippen LogP contribution in [0.25, 0.3) is 0 Å². The monoisotopic (exact) mass is 385 g/mol. The van der Waals surface area contributed by atoms with Crippen molar-refractivity contribution in [2.24, 2.45) is 5.73 Å². The molecular formula is C22H26FN2O3. The summed E-state index contributed by atoms with van der Waals surface area (Å²) >= 11 is 0. The molecule has 1 radical (unpaired) electrons. The maximum absolute atomic E-state index is 13.5. The van der Waals surface area contributed by atoms with Gasteiger partial charge in [-0.1, -0.05) is 30.3 Å². The molecule has 0 bridgehead atoms. The minimum Gasteiger partial charge on any atom is -0.494 e. The van der Waals surface area contributed by atoms with Crippen LogP contribution in [-0.4, -0.2) is 37.2 Å². The third-order valence-electron chi connectivity index (χ3n) is 4.86. The number of hydrogen-bond acceptors (Lipinski definition) is 3. The number of nitrogens with two attached hydrogens (primary N) is 1. The number of benzene rings is 2. The Morgan fingerprint density at radius 1 is 1.14 bits per heavy atom. The number of piperidine rings is 1. The van der Waals surface area contributed by atoms with Crippen LogP contribution in [0.5, 0.6) is 5.75 Å². The molecule has 1 atom stereocenters. The molecule has 1 unspecified atom stereocenters. The number of rotatable bonds is 8. The van der Waals surface area contributed by atoms with Crippen LogP contribution in [0, 0.1) is 12.2 Å². The topological polar surface area (TPSA) is 64.8 Å². The SMILES string of the molecule is NC(=O)N1C[CH]C(c2ccc(OCCCOCc3ccccc3F)cc2)CC1. The van der Waals surface area contributed by atoms with Crippen molar-refractivity contribution in [1.29, 1.82) is 0 Å². The van der Waals surface area contributed by atoms with Crippen molar-refractivity contribution in [2.75, 3.05) is 26.3 Å². The lowest BCUT2D eigenvalue weighted by Gasteiger charge is -2.30. The van der Waals surface area contributed by atoms with Gasteiger partial charge in [-0.3, -0.25) is 0 Å². The molecule has 1 saturated heterocycles. The average molecular weight is 385 g/mol. The van der Waals surface area contributed by atoms with Gasteiger partial charge in [-0.25, -0.2) is 9.18 Å². The van der Waals surface area contributed by atoms with E-state index in [9.17, 15) is 9.18 Å². The molecule has 6 heteroatoms. The van der Waals surface area contributed by atoms with Crippen molar-refractivity contribution >= 4 is 6.03 Å². The molecule has 2 aromatic rings. The summed E-state index contributed by atoms with van der Waals surface area (Å²) in [5, 5.41) is 0. The van der Waals surface area contributed by atoms with E-state index < -0.39 is 0 Å². The number of carbonyl (C=O) groups is 1. The highest BCUT2D eigenvalue weighted by Crippen LogP contribution is 2.28. The van der Waals surface area contributed by atoms with Crippen molar-refractivity contribution in [3.63, 3.8) is 0 Å². The molecule has 2 N–H and O–H groups in total. The van der Waals surface area contributed by atoms with Crippen LogP contribution in [0.4, 0.5) is 9.18 Å². The van der Waals surface area contributed by atoms with Gasteiger partial charge in [0.2, 0.25) is 0 Å². The van der Waals surface area contributed by atoms with Crippen molar-refractivity contribution in [1.82, 2.24) is 4.90 Å². The van der Waals surface area contributed by atoms with Crippen LogP contribution in [0.2, 0.25) is 0 Å². The lowest BCUT2D eigenvalue weighted by Crippen LogP contribution is -2.41. The number of hydrogen-bond donors (Lipinski definition) is 1. The summed E-state index contributed by atoms with van der Waals surface area (Å²) in [6, 6.07) is 14.3. The Labute approximate surface area is 165 Å². The van der Waals surface area contributed by atoms with Gasteiger partial charge in [0.05, 0.1) is 19.8 Å². The second-order valence-electron chi connectivity index (χ2n) is 6.83. The molecule has 0 saturated carbocycles. The van der Waals surface area contributed by atoms with Gasteiger partial charge in [-0.05, 0) is 42.5 Å². The molecule has 2 amide bonds. The van der Waals surface area contributed by atoms with E-state index in [4.69, 9.17) is 15.2 Å². The molecule has 1 aliphatic heterocycles. The highest BCUT2D eigenvalue weighted by molar-refractivity contribution is 5.72. The molecular weight excluding hydrogens is 359 g/mol. The number of halogens is 1. The van der Waals surface area contributed by atoms with Gasteiger partial charge < -0.3 is 20.1 Å². The average Bonchev–Trinajstić information content (AvgIpc) is 2.72. The second-order valence-corrected chi connectivity index (χ2v) is 6.83. The predicted molar refractivity (Wildman–Crippen MR) is 105 cm³/mol. The summed E-state index contributed by atoms with van der Waals surface area (Å²) in [5.41, 5.74) is 7.09. The first-order chi connectivity index (χ1) is 13.6. The van der Waals surface area contributed by atoms with E-state index in [2.05, 4.69) is 18.6 Å². The number of nitrogens with zero attached hydrogens (tertiary/aromatic N) is 1. The van der Waals surface area contributed by atoms with Crippen molar-refractivity contribution in [3.05, 3.63) is 71.9 Å². The number of urea groups is 1. The highest BCUT2D eigenvalue weighted by atomic mass is 19.1. The van der Waals surface area contributed by atoms with E-state index in [0.717, 1.165) is 18.6 Å². The van der Waals surface area contributed by atoms with Gasteiger partial charge in [-0.15, -0.1) is 0 Å². The molecule has 1 heterocycles. The lowest BCUT2D eigenvalue weighted by molar-refractivity contribution is 0.105. The predicted octanol–water partition coefficient (Wildman–Crippen LogP) is 3.88. The van der Waals surface area contributed by atoms with E-state index in [-0.39, 0.29) is 18.5 Å². The molecule has 3 rings (SSSR count). The fourth-order valence-corrected chi connectivity index (χ4v) is 3.22. The lowest BCUT2D eigenvalue weighted by atomic mass is 9.89. The Bertz CT molecular complexity index is 759. The maximum Gasteiger partial charge on any atom is 0.314 e. The Balaban J connectivity index is 1.33. The molecule has 0 aliphatic carbocycles. The van der Waals surface area contributed by atoms with Crippen LogP contribution in [0.1, 0.15) is 29.9 Å². The Hall–Kier alpha value is -2.60. The maximum atomic E-state index is 13.5. The van der Waals surface area contributed by atoms with Crippen molar-refractivity contribution in [2.45, 2.75) is 25.4 Å². The van der Waals surface area contributed by atoms with Crippen LogP contribution < -0.4 is 10.5 Å². The third kappa shape index (κ3) is 5.70. The van der Waals surface area contributed by atoms with Crippen LogP contribution >= 0.6 is 0 Å². The molecule has 0 aromatic heterocycles. The molecule has 0 spiro atoms. The quantitative estimate of drug-likeness (QED) is 0.701. The molecule has 5 nitrogen and oxygen atoms in total. The minimum absolute atomic E-state index is 0.239. The fourth-order valence-electron chi connectivity index (χ4n) is 3.22. The van der Waals surface area contributed by atoms with E-state index in [1.165, 1.54) is 11.6 Å². The van der Waals surface area contributed by atoms with Crippen LogP contribution in [0.15, 0.2) is 48.5 Å². The molecule has 1 fully saturated rings. The fraction of sp³-hybridized carbons (Fsp3) is 0.364. The summed E-state index contributed by atoms with van der Waals surface area (Å²) < 4.78 is 24.7. The van der Waals surface area contributed by atoms with Crippen LogP contribution in [0.3, 0.4) is 0 Å². The van der Waals surface area contributed by atoms with Gasteiger partial charge in [0.15, 0.2) is 0 Å². The summed E-state index contributed by atoms with van der Waals surface area (Å²) in [4.78, 5) is 12.8. The van der Waals surface area contributed by atoms with Crippen molar-refractivity contribution < 1.29 is 18.7 Å². The minimum atomic E-state index is -0.365. The zero-order valence-corrected chi connectivity index (χ0v) is 15.9. The zero-order chi connectivity index (χ0) is 19.8. The first-order valence-electron chi connectivity index (χ1n) is 9.55. The van der Waals surface area contributed by atoms with E-state index >= 15 is 0 Å². The first kappa shape index (κ1) is 20.1. The largest absolute Gasteiger partial charge is 0.494 e. The third-order valence-corrected chi connectivity index (χ3v) is 4.86. The number of primary amides is 1. The molecule has 149 valence electrons. The van der Waals surface area contributed by atoms with Gasteiger partial charge in [-0.2, -0.15) is 0 Å². The van der Waals surface area contributed by atoms with Crippen molar-refractivity contribution in [3.8, 4) is 5.75 Å². The standard InChI is InChI=1S/C22H26FN2O3/c23-21-5-2-1-4-19(21)16-27-14-3-15-28-20-8-6-17(7-9-20)18-10-12-25(13-11-18)22(24)26/h1-2,4-10,18H,3,11-16H2,(H2,24,26). The van der Waals surface area contributed by atoms with E-state index in [1.54, 1.807) is 23.1 Å². The van der Waals surface area contributed by atoms with Crippen LogP contribution in [-0.2, 0) is 11.3 Å². The van der Waals surface area contributed by atoms with Gasteiger partial charge in [0, 0.05) is 25.1 Å². The number of ether oxygens (including phenoxy) is 2. The number of likely N-dealkylation sites (tertiary alicyclic amines) is 1. The molecule has 28 heavy (non-hydrogen) atoms. The smallest absolute Gasteiger partial charge is 0.314 e. The molecule has 1 aliphatic rings. The normalized spacial score (nSPS) is 14.8. The first-order valence-corrected chi connectivity index (χ1v) is 9.55. The van der Waals surface area contributed by atoms with E-state index in [0.29, 0.717) is 37.8 Å². The summed E-state index contributed by atoms with van der Waals surface area (Å²) in [7, 11) is 0. The van der Waals surface area contributed by atoms with Gasteiger partial charge in [0.1, 0.15) is 11.6 Å². The Morgan fingerprint density at radius 3 is 2.61 bits per heavy atom.